The molecule has 0 saturated carbocycles. The van der Waals surface area contributed by atoms with Gasteiger partial charge >= 0.3 is 18.0 Å². The fraction of sp³-hybridized carbons (Fsp3) is 1.00. The molecule has 0 bridgehead atoms. The molecule has 0 heterocycles. The van der Waals surface area contributed by atoms with Crippen LogP contribution in [0.4, 0.5) is 30.7 Å². The van der Waals surface area contributed by atoms with E-state index in [-0.39, 0.29) is 0 Å². The van der Waals surface area contributed by atoms with Crippen molar-refractivity contribution in [3.63, 3.8) is 0 Å². The smallest absolute Gasteiger partial charge is 0.199 e. The molecule has 0 N–H and O–H groups in total. The highest BCUT2D eigenvalue weighted by molar-refractivity contribution is 4.91. The van der Waals surface area contributed by atoms with Crippen LogP contribution in [0.1, 0.15) is 20.3 Å². The Morgan fingerprint density at radius 3 is 1.43 bits per heavy atom. The van der Waals surface area contributed by atoms with Crippen molar-refractivity contribution in [2.45, 2.75) is 38.3 Å². The summed E-state index contributed by atoms with van der Waals surface area (Å²) in [4.78, 5) is 0. The Morgan fingerprint density at radius 2 is 1.21 bits per heavy atom. The Morgan fingerprint density at radius 1 is 0.857 bits per heavy atom. The quantitative estimate of drug-likeness (QED) is 0.641. The maximum absolute atomic E-state index is 12.5. The summed E-state index contributed by atoms with van der Waals surface area (Å²) in [6.45, 7) is 2.28. The molecule has 0 aliphatic carbocycles. The van der Waals surface area contributed by atoms with E-state index in [4.69, 9.17) is 0 Å². The van der Waals surface area contributed by atoms with Gasteiger partial charge in [0.2, 0.25) is 0 Å². The Balaban J connectivity index is 4.88. The number of alkyl halides is 7. The first-order chi connectivity index (χ1) is 5.92. The number of rotatable bonds is 3. The first-order valence-corrected chi connectivity index (χ1v) is 3.74. The highest BCUT2D eigenvalue weighted by Gasteiger charge is 2.72. The van der Waals surface area contributed by atoms with Crippen molar-refractivity contribution in [2.24, 2.45) is 5.92 Å². The zero-order chi connectivity index (χ0) is 11.8. The van der Waals surface area contributed by atoms with Crippen molar-refractivity contribution < 1.29 is 30.7 Å². The van der Waals surface area contributed by atoms with Gasteiger partial charge in [-0.15, -0.1) is 0 Å². The van der Waals surface area contributed by atoms with Gasteiger partial charge in [0.1, 0.15) is 0 Å². The van der Waals surface area contributed by atoms with Crippen LogP contribution in [-0.4, -0.2) is 18.0 Å². The van der Waals surface area contributed by atoms with Crippen LogP contribution in [0.25, 0.3) is 0 Å². The predicted molar refractivity (Wildman–Crippen MR) is 35.4 cm³/mol. The fourth-order valence-electron chi connectivity index (χ4n) is 0.848. The lowest BCUT2D eigenvalue weighted by atomic mass is 10.00. The average Bonchev–Trinajstić information content (AvgIpc) is 1.80. The molecule has 0 radical (unpaired) electrons. The number of hydrogen-bond donors (Lipinski definition) is 0. The second kappa shape index (κ2) is 3.58. The van der Waals surface area contributed by atoms with Gasteiger partial charge in [0.15, 0.2) is 0 Å². The molecule has 0 spiro atoms. The van der Waals surface area contributed by atoms with E-state index in [1.54, 1.807) is 0 Å². The molecular weight excluding hydrogens is 217 g/mol. The van der Waals surface area contributed by atoms with Crippen molar-refractivity contribution in [1.29, 1.82) is 0 Å². The number of halogens is 7. The standard InChI is InChI=1S/C7H9F7/c1-4(2)3-5(8,9)6(10,11)7(12,13)14/h4H,3H2,1-2H3. The highest BCUT2D eigenvalue weighted by atomic mass is 19.4. The van der Waals surface area contributed by atoms with Gasteiger partial charge in [-0.2, -0.15) is 30.7 Å². The van der Waals surface area contributed by atoms with Gasteiger partial charge < -0.3 is 0 Å². The Hall–Kier alpha value is -0.490. The van der Waals surface area contributed by atoms with E-state index in [0.29, 0.717) is 0 Å². The molecule has 0 aromatic rings. The van der Waals surface area contributed by atoms with Crippen LogP contribution in [0.5, 0.6) is 0 Å². The summed E-state index contributed by atoms with van der Waals surface area (Å²) in [6, 6.07) is 0. The molecule has 14 heavy (non-hydrogen) atoms. The summed E-state index contributed by atoms with van der Waals surface area (Å²) < 4.78 is 84.0. The average molecular weight is 226 g/mol. The Labute approximate surface area is 76.1 Å². The van der Waals surface area contributed by atoms with E-state index < -0.39 is 30.4 Å². The zero-order valence-electron chi connectivity index (χ0n) is 7.43. The van der Waals surface area contributed by atoms with E-state index >= 15 is 0 Å². The largest absolute Gasteiger partial charge is 0.459 e. The van der Waals surface area contributed by atoms with Crippen LogP contribution in [-0.2, 0) is 0 Å². The molecule has 0 fully saturated rings. The van der Waals surface area contributed by atoms with Gasteiger partial charge in [0.05, 0.1) is 0 Å². The Bertz CT molecular complexity index is 191. The normalized spacial score (nSPS) is 15.0. The van der Waals surface area contributed by atoms with Crippen LogP contribution in [0.15, 0.2) is 0 Å². The fourth-order valence-corrected chi connectivity index (χ4v) is 0.848. The minimum atomic E-state index is -6.22. The molecule has 86 valence electrons. The minimum Gasteiger partial charge on any atom is -0.199 e. The molecule has 0 nitrogen and oxygen atoms in total. The van der Waals surface area contributed by atoms with Crippen molar-refractivity contribution >= 4 is 0 Å². The van der Waals surface area contributed by atoms with Crippen molar-refractivity contribution in [3.05, 3.63) is 0 Å². The third-order valence-corrected chi connectivity index (χ3v) is 1.48. The third-order valence-electron chi connectivity index (χ3n) is 1.48. The molecule has 0 aromatic carbocycles. The third kappa shape index (κ3) is 2.51. The molecule has 7 heteroatoms. The maximum Gasteiger partial charge on any atom is 0.459 e. The molecule has 0 unspecified atom stereocenters. The molecule has 0 rings (SSSR count). The summed E-state index contributed by atoms with van der Waals surface area (Å²) in [5, 5.41) is 0. The lowest BCUT2D eigenvalue weighted by Gasteiger charge is -2.29. The first kappa shape index (κ1) is 13.5. The lowest BCUT2D eigenvalue weighted by molar-refractivity contribution is -0.357. The van der Waals surface area contributed by atoms with Crippen molar-refractivity contribution in [3.8, 4) is 0 Å². The molecule has 0 aromatic heterocycles. The molecule has 0 amide bonds. The van der Waals surface area contributed by atoms with Gasteiger partial charge in [-0.3, -0.25) is 0 Å². The maximum atomic E-state index is 12.5. The van der Waals surface area contributed by atoms with Gasteiger partial charge in [-0.25, -0.2) is 0 Å². The van der Waals surface area contributed by atoms with Crippen molar-refractivity contribution in [1.82, 2.24) is 0 Å². The van der Waals surface area contributed by atoms with Crippen LogP contribution in [0, 0.1) is 5.92 Å². The van der Waals surface area contributed by atoms with E-state index in [1.165, 1.54) is 0 Å². The topological polar surface area (TPSA) is 0 Å². The van der Waals surface area contributed by atoms with Gasteiger partial charge in [0.25, 0.3) is 0 Å². The summed E-state index contributed by atoms with van der Waals surface area (Å²) in [7, 11) is 0. The van der Waals surface area contributed by atoms with Crippen molar-refractivity contribution in [2.75, 3.05) is 0 Å². The van der Waals surface area contributed by atoms with Gasteiger partial charge in [-0.05, 0) is 5.92 Å². The Kier molecular flexibility index (Phi) is 3.46. The SMILES string of the molecule is CC(C)CC(F)(F)C(F)(F)C(F)(F)F. The lowest BCUT2D eigenvalue weighted by Crippen LogP contribution is -2.52. The monoisotopic (exact) mass is 226 g/mol. The molecule has 0 aliphatic heterocycles. The summed E-state index contributed by atoms with van der Waals surface area (Å²) in [6.07, 6.45) is -7.72. The molecule has 0 saturated heterocycles. The summed E-state index contributed by atoms with van der Waals surface area (Å²) in [5.74, 6) is -12.0. The highest BCUT2D eigenvalue weighted by Crippen LogP contribution is 2.48. The van der Waals surface area contributed by atoms with E-state index in [1.807, 2.05) is 0 Å². The summed E-state index contributed by atoms with van der Waals surface area (Å²) >= 11 is 0. The van der Waals surface area contributed by atoms with E-state index in [9.17, 15) is 30.7 Å². The van der Waals surface area contributed by atoms with Crippen LogP contribution in [0.2, 0.25) is 0 Å². The molecular formula is C7H9F7. The van der Waals surface area contributed by atoms with E-state index in [0.717, 1.165) is 13.8 Å². The second-order valence-electron chi connectivity index (χ2n) is 3.37. The second-order valence-corrected chi connectivity index (χ2v) is 3.37. The van der Waals surface area contributed by atoms with E-state index in [2.05, 4.69) is 0 Å². The van der Waals surface area contributed by atoms with Gasteiger partial charge in [0, 0.05) is 6.42 Å². The minimum absolute atomic E-state index is 0.946. The zero-order valence-corrected chi connectivity index (χ0v) is 7.43. The van der Waals surface area contributed by atoms with Gasteiger partial charge in [-0.1, -0.05) is 13.8 Å². The summed E-state index contributed by atoms with van der Waals surface area (Å²) in [5.41, 5.74) is 0. The predicted octanol–water partition coefficient (Wildman–Crippen LogP) is 3.87. The van der Waals surface area contributed by atoms with Crippen LogP contribution >= 0.6 is 0 Å². The molecule has 0 aliphatic rings. The van der Waals surface area contributed by atoms with Crippen LogP contribution < -0.4 is 0 Å². The van der Waals surface area contributed by atoms with Crippen LogP contribution in [0.3, 0.4) is 0 Å². The molecule has 0 atom stereocenters. The first-order valence-electron chi connectivity index (χ1n) is 3.74. The number of hydrogen-bond acceptors (Lipinski definition) is 0.